The van der Waals surface area contributed by atoms with Crippen molar-refractivity contribution in [2.45, 2.75) is 0 Å². The number of fused-ring (bicyclic) bond motifs is 1. The summed E-state index contributed by atoms with van der Waals surface area (Å²) in [5, 5.41) is 0. The quantitative estimate of drug-likeness (QED) is 0.171. The summed E-state index contributed by atoms with van der Waals surface area (Å²) >= 11 is 0. The van der Waals surface area contributed by atoms with Gasteiger partial charge >= 0.3 is 0 Å². The third-order valence-corrected chi connectivity index (χ3v) is 9.00. The van der Waals surface area contributed by atoms with E-state index in [1.54, 1.807) is 0 Å². The zero-order chi connectivity index (χ0) is 34.0. The predicted molar refractivity (Wildman–Crippen MR) is 205 cm³/mol. The zero-order valence-corrected chi connectivity index (χ0v) is 27.5. The molecule has 51 heavy (non-hydrogen) atoms. The molecule has 0 aliphatic carbocycles. The minimum atomic E-state index is 0.618. The summed E-state index contributed by atoms with van der Waals surface area (Å²) in [7, 11) is 0. The van der Waals surface area contributed by atoms with Gasteiger partial charge in [0.1, 0.15) is 5.52 Å². The molecule has 0 fully saturated rings. The normalized spacial score (nSPS) is 11.1. The van der Waals surface area contributed by atoms with Crippen LogP contribution in [0.25, 0.3) is 90.1 Å². The highest BCUT2D eigenvalue weighted by molar-refractivity contribution is 5.93. The third kappa shape index (κ3) is 5.98. The molecule has 9 rings (SSSR count). The highest BCUT2D eigenvalue weighted by atomic mass is 16.3. The van der Waals surface area contributed by atoms with Gasteiger partial charge in [0.25, 0.3) is 0 Å². The summed E-state index contributed by atoms with van der Waals surface area (Å²) in [4.78, 5) is 19.6. The standard InChI is InChI=1S/C46H30N4O/c1-5-14-31(15-6-1)40-30-37(45-49-43(34-16-7-2-8-17-34)48-44(50-45)35-18-9-3-10-19-35)28-29-38(40)32-24-26-33(27-25-32)39-22-13-23-41-42(39)51-46(47-41)36-20-11-4-12-21-36/h1-30H. The van der Waals surface area contributed by atoms with Crippen LogP contribution in [-0.2, 0) is 0 Å². The molecule has 5 nitrogen and oxygen atoms in total. The molecule has 0 radical (unpaired) electrons. The lowest BCUT2D eigenvalue weighted by atomic mass is 9.91. The first-order chi connectivity index (χ1) is 25.3. The summed E-state index contributed by atoms with van der Waals surface area (Å²) in [6, 6.07) is 61.8. The van der Waals surface area contributed by atoms with E-state index >= 15 is 0 Å². The Morgan fingerprint density at radius 3 is 1.31 bits per heavy atom. The van der Waals surface area contributed by atoms with E-state index in [4.69, 9.17) is 24.4 Å². The number of rotatable bonds is 7. The molecule has 0 unspecified atom stereocenters. The van der Waals surface area contributed by atoms with E-state index in [1.165, 1.54) is 0 Å². The fourth-order valence-electron chi connectivity index (χ4n) is 6.44. The van der Waals surface area contributed by atoms with Crippen LogP contribution in [0.15, 0.2) is 186 Å². The van der Waals surface area contributed by atoms with Crippen LogP contribution in [0.2, 0.25) is 0 Å². The second-order valence-corrected chi connectivity index (χ2v) is 12.3. The Balaban J connectivity index is 1.13. The molecule has 0 saturated carbocycles. The SMILES string of the molecule is c1ccc(-c2nc(-c3ccccc3)nc(-c3ccc(-c4ccc(-c5cccc6nc(-c7ccccc7)oc56)cc4)c(-c4ccccc4)c3)n2)cc1. The van der Waals surface area contributed by atoms with Gasteiger partial charge in [-0.2, -0.15) is 0 Å². The van der Waals surface area contributed by atoms with E-state index in [0.29, 0.717) is 23.4 Å². The summed E-state index contributed by atoms with van der Waals surface area (Å²) in [6.07, 6.45) is 0. The largest absolute Gasteiger partial charge is 0.435 e. The second kappa shape index (κ2) is 13.1. The van der Waals surface area contributed by atoms with Gasteiger partial charge in [-0.1, -0.05) is 158 Å². The van der Waals surface area contributed by atoms with E-state index in [-0.39, 0.29) is 0 Å². The van der Waals surface area contributed by atoms with Crippen molar-refractivity contribution in [2.75, 3.05) is 0 Å². The van der Waals surface area contributed by atoms with Crippen molar-refractivity contribution in [1.82, 2.24) is 19.9 Å². The Hall–Kier alpha value is -6.98. The van der Waals surface area contributed by atoms with Gasteiger partial charge < -0.3 is 4.42 Å². The third-order valence-electron chi connectivity index (χ3n) is 9.00. The van der Waals surface area contributed by atoms with Gasteiger partial charge in [-0.05, 0) is 52.1 Å². The lowest BCUT2D eigenvalue weighted by Gasteiger charge is -2.14. The molecule has 2 aromatic heterocycles. The molecule has 9 aromatic rings. The minimum Gasteiger partial charge on any atom is -0.435 e. The Bertz CT molecular complexity index is 2540. The molecule has 240 valence electrons. The zero-order valence-electron chi connectivity index (χ0n) is 27.5. The number of hydrogen-bond acceptors (Lipinski definition) is 5. The van der Waals surface area contributed by atoms with Gasteiger partial charge in [0.2, 0.25) is 5.89 Å². The summed E-state index contributed by atoms with van der Waals surface area (Å²) in [6.45, 7) is 0. The molecule has 0 aliphatic rings. The van der Waals surface area contributed by atoms with Gasteiger partial charge in [-0.15, -0.1) is 0 Å². The molecule has 0 bridgehead atoms. The molecule has 5 heteroatoms. The average Bonchev–Trinajstić information content (AvgIpc) is 3.67. The molecule has 0 aliphatic heterocycles. The van der Waals surface area contributed by atoms with E-state index in [0.717, 1.165) is 66.7 Å². The number of benzene rings is 7. The fraction of sp³-hybridized carbons (Fsp3) is 0. The second-order valence-electron chi connectivity index (χ2n) is 12.3. The number of para-hydroxylation sites is 1. The number of aromatic nitrogens is 4. The van der Waals surface area contributed by atoms with Crippen LogP contribution in [-0.4, -0.2) is 19.9 Å². The van der Waals surface area contributed by atoms with Crippen LogP contribution in [0.4, 0.5) is 0 Å². The van der Waals surface area contributed by atoms with Crippen LogP contribution in [0.1, 0.15) is 0 Å². The van der Waals surface area contributed by atoms with Crippen molar-refractivity contribution >= 4 is 11.1 Å². The molecule has 0 saturated heterocycles. The van der Waals surface area contributed by atoms with Gasteiger partial charge in [-0.3, -0.25) is 0 Å². The van der Waals surface area contributed by atoms with E-state index in [1.807, 2.05) is 109 Å². The molecule has 2 heterocycles. The average molecular weight is 655 g/mol. The van der Waals surface area contributed by atoms with Crippen molar-refractivity contribution in [1.29, 1.82) is 0 Å². The fourth-order valence-corrected chi connectivity index (χ4v) is 6.44. The first kappa shape index (κ1) is 30.1. The molecule has 7 aromatic carbocycles. The maximum Gasteiger partial charge on any atom is 0.227 e. The Kier molecular flexibility index (Phi) is 7.76. The molecule has 0 spiro atoms. The Morgan fingerprint density at radius 1 is 0.294 bits per heavy atom. The van der Waals surface area contributed by atoms with Crippen LogP contribution >= 0.6 is 0 Å². The minimum absolute atomic E-state index is 0.618. The first-order valence-corrected chi connectivity index (χ1v) is 16.9. The van der Waals surface area contributed by atoms with Crippen molar-refractivity contribution in [3.63, 3.8) is 0 Å². The van der Waals surface area contributed by atoms with E-state index < -0.39 is 0 Å². The van der Waals surface area contributed by atoms with Gasteiger partial charge in [-0.25, -0.2) is 19.9 Å². The molecule has 0 amide bonds. The Morgan fingerprint density at radius 2 is 0.745 bits per heavy atom. The number of nitrogens with zero attached hydrogens (tertiary/aromatic N) is 4. The maximum atomic E-state index is 6.33. The monoisotopic (exact) mass is 654 g/mol. The van der Waals surface area contributed by atoms with Gasteiger partial charge in [0.15, 0.2) is 23.1 Å². The van der Waals surface area contributed by atoms with Crippen LogP contribution in [0.3, 0.4) is 0 Å². The van der Waals surface area contributed by atoms with Gasteiger partial charge in [0.05, 0.1) is 0 Å². The highest BCUT2D eigenvalue weighted by Crippen LogP contribution is 2.38. The van der Waals surface area contributed by atoms with Crippen LogP contribution in [0.5, 0.6) is 0 Å². The molecule has 0 N–H and O–H groups in total. The number of oxazole rings is 1. The van der Waals surface area contributed by atoms with Crippen LogP contribution in [0, 0.1) is 0 Å². The lowest BCUT2D eigenvalue weighted by Crippen LogP contribution is -2.00. The summed E-state index contributed by atoms with van der Waals surface area (Å²) in [5.41, 5.74) is 11.8. The van der Waals surface area contributed by atoms with Crippen molar-refractivity contribution in [2.24, 2.45) is 0 Å². The number of hydrogen-bond donors (Lipinski definition) is 0. The van der Waals surface area contributed by atoms with E-state index in [2.05, 4.69) is 72.8 Å². The van der Waals surface area contributed by atoms with Crippen LogP contribution < -0.4 is 0 Å². The topological polar surface area (TPSA) is 64.7 Å². The predicted octanol–water partition coefficient (Wildman–Crippen LogP) is 11.7. The molecular weight excluding hydrogens is 625 g/mol. The molecule has 0 atom stereocenters. The van der Waals surface area contributed by atoms with Crippen molar-refractivity contribution < 1.29 is 4.42 Å². The Labute approximate surface area is 295 Å². The van der Waals surface area contributed by atoms with Gasteiger partial charge in [0, 0.05) is 27.8 Å². The van der Waals surface area contributed by atoms with Crippen molar-refractivity contribution in [3.05, 3.63) is 182 Å². The van der Waals surface area contributed by atoms with E-state index in [9.17, 15) is 0 Å². The molecular formula is C46H30N4O. The summed E-state index contributed by atoms with van der Waals surface area (Å²) in [5.74, 6) is 2.51. The maximum absolute atomic E-state index is 6.33. The highest BCUT2D eigenvalue weighted by Gasteiger charge is 2.17. The summed E-state index contributed by atoms with van der Waals surface area (Å²) < 4.78 is 6.33. The van der Waals surface area contributed by atoms with Crippen molar-refractivity contribution in [3.8, 4) is 79.0 Å². The first-order valence-electron chi connectivity index (χ1n) is 16.9. The smallest absolute Gasteiger partial charge is 0.227 e. The lowest BCUT2D eigenvalue weighted by molar-refractivity contribution is 0.621.